The van der Waals surface area contributed by atoms with Crippen LogP contribution in [0.15, 0.2) is 42.5 Å². The summed E-state index contributed by atoms with van der Waals surface area (Å²) in [5.74, 6) is 0. The minimum atomic E-state index is 0. The molecule has 1 aromatic heterocycles. The van der Waals surface area contributed by atoms with Crippen LogP contribution in [-0.4, -0.2) is 15.4 Å². The van der Waals surface area contributed by atoms with E-state index in [0.29, 0.717) is 0 Å². The van der Waals surface area contributed by atoms with Gasteiger partial charge in [0, 0.05) is 38.2 Å². The Bertz CT molecular complexity index is 518. The standard InChI is InChI=1S/C7H7.C6H4N3.Y/c1-7-5-3-2-4-6-7;1-2-4-6-5(3-1)7-9-8-6;/h3-6H,1H3;1,3-4H,(H,7,8,9);/q2*-1;. The van der Waals surface area contributed by atoms with Gasteiger partial charge in [0.2, 0.25) is 0 Å². The third kappa shape index (κ3) is 4.37. The maximum Gasteiger partial charge on any atom is 0.00107 e. The van der Waals surface area contributed by atoms with E-state index in [0.717, 1.165) is 11.0 Å². The first kappa shape index (κ1) is 14.0. The van der Waals surface area contributed by atoms with Gasteiger partial charge in [-0.25, -0.2) is 0 Å². The number of aromatic nitrogens is 3. The van der Waals surface area contributed by atoms with Crippen molar-refractivity contribution in [1.82, 2.24) is 15.4 Å². The van der Waals surface area contributed by atoms with E-state index in [9.17, 15) is 0 Å². The normalized spacial score (nSPS) is 9.00. The molecule has 17 heavy (non-hydrogen) atoms. The van der Waals surface area contributed by atoms with E-state index in [1.54, 1.807) is 6.07 Å². The van der Waals surface area contributed by atoms with Gasteiger partial charge in [0.1, 0.15) is 0 Å². The topological polar surface area (TPSA) is 41.6 Å². The number of benzene rings is 2. The Hall–Kier alpha value is -1.06. The van der Waals surface area contributed by atoms with Gasteiger partial charge in [-0.1, -0.05) is 12.1 Å². The first-order valence-corrected chi connectivity index (χ1v) is 4.96. The van der Waals surface area contributed by atoms with Gasteiger partial charge >= 0.3 is 0 Å². The van der Waals surface area contributed by atoms with Crippen LogP contribution in [0.5, 0.6) is 0 Å². The van der Waals surface area contributed by atoms with Crippen molar-refractivity contribution in [3.05, 3.63) is 60.2 Å². The number of hydrogen-bond donors (Lipinski definition) is 1. The number of fused-ring (bicyclic) bond motifs is 1. The second-order valence-electron chi connectivity index (χ2n) is 3.33. The molecule has 1 N–H and O–H groups in total. The predicted molar refractivity (Wildman–Crippen MR) is 62.7 cm³/mol. The molecule has 3 aromatic rings. The van der Waals surface area contributed by atoms with Gasteiger partial charge < -0.3 is 0 Å². The summed E-state index contributed by atoms with van der Waals surface area (Å²) in [6.07, 6.45) is 0. The molecule has 83 valence electrons. The summed E-state index contributed by atoms with van der Waals surface area (Å²) in [6, 6.07) is 19.2. The SMILES string of the molecule is Cc1cc[c-]cc1.[Y].[c-]1ccc2[nH]nnc2c1. The summed E-state index contributed by atoms with van der Waals surface area (Å²) in [5, 5.41) is 10.1. The second-order valence-corrected chi connectivity index (χ2v) is 3.33. The van der Waals surface area contributed by atoms with Crippen LogP contribution in [0.1, 0.15) is 5.56 Å². The zero-order chi connectivity index (χ0) is 11.2. The molecule has 1 radical (unpaired) electrons. The van der Waals surface area contributed by atoms with Gasteiger partial charge in [-0.05, 0) is 5.52 Å². The van der Waals surface area contributed by atoms with Crippen LogP contribution in [0.3, 0.4) is 0 Å². The fourth-order valence-electron chi connectivity index (χ4n) is 1.20. The minimum Gasteiger partial charge on any atom is -0.283 e. The number of H-pyrrole nitrogens is 1. The Morgan fingerprint density at radius 2 is 1.76 bits per heavy atom. The van der Waals surface area contributed by atoms with Crippen molar-refractivity contribution < 1.29 is 32.7 Å². The van der Waals surface area contributed by atoms with Gasteiger partial charge in [-0.2, -0.15) is 53.1 Å². The molecule has 0 saturated heterocycles. The monoisotopic (exact) mass is 298 g/mol. The largest absolute Gasteiger partial charge is 0.283 e. The molecule has 0 spiro atoms. The molecule has 0 aliphatic heterocycles. The molecule has 0 fully saturated rings. The first-order valence-electron chi connectivity index (χ1n) is 4.96. The number of rotatable bonds is 0. The average Bonchev–Trinajstić information content (AvgIpc) is 2.79. The summed E-state index contributed by atoms with van der Waals surface area (Å²) < 4.78 is 0. The molecule has 2 aromatic carbocycles. The third-order valence-corrected chi connectivity index (χ3v) is 2.06. The zero-order valence-corrected chi connectivity index (χ0v) is 12.4. The molecule has 0 unspecified atom stereocenters. The van der Waals surface area contributed by atoms with Crippen molar-refractivity contribution in [2.45, 2.75) is 6.92 Å². The van der Waals surface area contributed by atoms with Gasteiger partial charge in [0.05, 0.1) is 0 Å². The fraction of sp³-hybridized carbons (Fsp3) is 0.0769. The van der Waals surface area contributed by atoms with Crippen molar-refractivity contribution in [1.29, 1.82) is 0 Å². The maximum atomic E-state index is 3.78. The smallest absolute Gasteiger partial charge is 0.00107 e. The zero-order valence-electron chi connectivity index (χ0n) is 9.51. The van der Waals surface area contributed by atoms with Crippen molar-refractivity contribution in [2.75, 3.05) is 0 Å². The molecule has 3 rings (SSSR count). The van der Waals surface area contributed by atoms with Crippen LogP contribution in [0.2, 0.25) is 0 Å². The van der Waals surface area contributed by atoms with Crippen LogP contribution in [0.25, 0.3) is 11.0 Å². The summed E-state index contributed by atoms with van der Waals surface area (Å²) in [4.78, 5) is 0. The molecule has 4 heteroatoms. The van der Waals surface area contributed by atoms with Crippen molar-refractivity contribution in [3.8, 4) is 0 Å². The van der Waals surface area contributed by atoms with Crippen molar-refractivity contribution in [2.24, 2.45) is 0 Å². The Labute approximate surface area is 126 Å². The van der Waals surface area contributed by atoms with Crippen LogP contribution >= 0.6 is 0 Å². The Morgan fingerprint density at radius 1 is 1.06 bits per heavy atom. The average molecular weight is 298 g/mol. The Kier molecular flexibility index (Phi) is 6.02. The molecule has 0 bridgehead atoms. The van der Waals surface area contributed by atoms with E-state index < -0.39 is 0 Å². The number of nitrogens with one attached hydrogen (secondary N) is 1. The van der Waals surface area contributed by atoms with Gasteiger partial charge in [0.15, 0.2) is 0 Å². The fourth-order valence-corrected chi connectivity index (χ4v) is 1.20. The van der Waals surface area contributed by atoms with Gasteiger partial charge in [-0.3, -0.25) is 5.10 Å². The molecule has 1 heterocycles. The molecule has 0 atom stereocenters. The summed E-state index contributed by atoms with van der Waals surface area (Å²) >= 11 is 0. The summed E-state index contributed by atoms with van der Waals surface area (Å²) in [5.41, 5.74) is 3.10. The number of hydrogen-bond acceptors (Lipinski definition) is 2. The number of nitrogens with zero attached hydrogens (tertiary/aromatic N) is 2. The van der Waals surface area contributed by atoms with E-state index in [1.807, 2.05) is 36.4 Å². The van der Waals surface area contributed by atoms with E-state index >= 15 is 0 Å². The van der Waals surface area contributed by atoms with Crippen LogP contribution < -0.4 is 0 Å². The van der Waals surface area contributed by atoms with Gasteiger partial charge in [-0.15, -0.1) is 12.1 Å². The summed E-state index contributed by atoms with van der Waals surface area (Å²) in [7, 11) is 0. The van der Waals surface area contributed by atoms with Crippen molar-refractivity contribution in [3.63, 3.8) is 0 Å². The Morgan fingerprint density at radius 3 is 2.35 bits per heavy atom. The van der Waals surface area contributed by atoms with Crippen LogP contribution in [0.4, 0.5) is 0 Å². The van der Waals surface area contributed by atoms with E-state index in [2.05, 4.69) is 34.5 Å². The minimum absolute atomic E-state index is 0. The number of aromatic amines is 1. The quantitative estimate of drug-likeness (QED) is 0.648. The molecule has 0 aliphatic carbocycles. The first-order chi connectivity index (χ1) is 7.86. The molecular formula is C13H11N3Y-2. The van der Waals surface area contributed by atoms with Crippen LogP contribution in [-0.2, 0) is 32.7 Å². The van der Waals surface area contributed by atoms with E-state index in [1.165, 1.54) is 5.56 Å². The second kappa shape index (κ2) is 7.30. The molecule has 0 aliphatic rings. The van der Waals surface area contributed by atoms with Crippen LogP contribution in [0, 0.1) is 19.1 Å². The van der Waals surface area contributed by atoms with Gasteiger partial charge in [0.25, 0.3) is 0 Å². The predicted octanol–water partition coefficient (Wildman–Crippen LogP) is 2.55. The molecule has 0 saturated carbocycles. The number of aryl methyl sites for hydroxylation is 1. The Balaban J connectivity index is 0.000000166. The third-order valence-electron chi connectivity index (χ3n) is 2.06. The van der Waals surface area contributed by atoms with E-state index in [4.69, 9.17) is 0 Å². The van der Waals surface area contributed by atoms with Crippen molar-refractivity contribution >= 4 is 11.0 Å². The molecular weight excluding hydrogens is 287 g/mol. The molecule has 3 nitrogen and oxygen atoms in total. The molecule has 0 amide bonds. The van der Waals surface area contributed by atoms with E-state index in [-0.39, 0.29) is 32.7 Å². The maximum absolute atomic E-state index is 3.78. The summed E-state index contributed by atoms with van der Waals surface area (Å²) in [6.45, 7) is 2.06.